The van der Waals surface area contributed by atoms with Gasteiger partial charge in [0.15, 0.2) is 5.75 Å². The molecule has 128 valence electrons. The molecule has 2 heterocycles. The Kier molecular flexibility index (Phi) is 3.53. The zero-order chi connectivity index (χ0) is 17.7. The van der Waals surface area contributed by atoms with E-state index in [-0.39, 0.29) is 11.2 Å². The summed E-state index contributed by atoms with van der Waals surface area (Å²) in [6, 6.07) is 6.24. The first-order chi connectivity index (χ1) is 12.0. The zero-order valence-corrected chi connectivity index (χ0v) is 14.6. The Labute approximate surface area is 146 Å². The van der Waals surface area contributed by atoms with Crippen LogP contribution in [0, 0.1) is 13.8 Å². The van der Waals surface area contributed by atoms with Crippen molar-refractivity contribution in [3.05, 3.63) is 51.9 Å². The predicted molar refractivity (Wildman–Crippen MR) is 100 cm³/mol. The highest BCUT2D eigenvalue weighted by molar-refractivity contribution is 5.90. The number of nitrogens with zero attached hydrogens (tertiary/aromatic N) is 2. The van der Waals surface area contributed by atoms with Gasteiger partial charge in [-0.15, -0.1) is 0 Å². The van der Waals surface area contributed by atoms with Crippen molar-refractivity contribution >= 4 is 16.7 Å². The second kappa shape index (κ2) is 5.62. The molecule has 1 aromatic carbocycles. The number of benzene rings is 1. The Bertz CT molecular complexity index is 1050. The van der Waals surface area contributed by atoms with Gasteiger partial charge in [0.05, 0.1) is 11.7 Å². The summed E-state index contributed by atoms with van der Waals surface area (Å²) in [5, 5.41) is 13.6. The Morgan fingerprint density at radius 3 is 2.68 bits per heavy atom. The highest BCUT2D eigenvalue weighted by atomic mass is 16.3. The maximum absolute atomic E-state index is 12.4. The molecular weight excluding hydrogens is 314 g/mol. The minimum Gasteiger partial charge on any atom is -0.503 e. The maximum Gasteiger partial charge on any atom is 0.230 e. The van der Waals surface area contributed by atoms with E-state index in [0.29, 0.717) is 11.4 Å². The van der Waals surface area contributed by atoms with Crippen molar-refractivity contribution in [2.75, 3.05) is 12.4 Å². The van der Waals surface area contributed by atoms with E-state index in [1.54, 1.807) is 6.20 Å². The van der Waals surface area contributed by atoms with E-state index in [2.05, 4.69) is 20.9 Å². The molecule has 0 bridgehead atoms. The van der Waals surface area contributed by atoms with E-state index in [0.717, 1.165) is 46.4 Å². The van der Waals surface area contributed by atoms with Crippen LogP contribution >= 0.6 is 0 Å². The van der Waals surface area contributed by atoms with Gasteiger partial charge in [0, 0.05) is 30.2 Å². The quantitative estimate of drug-likeness (QED) is 0.765. The number of pyridine rings is 2. The maximum atomic E-state index is 12.4. The van der Waals surface area contributed by atoms with Crippen LogP contribution in [0.15, 0.2) is 35.4 Å². The third kappa shape index (κ3) is 2.47. The third-order valence-corrected chi connectivity index (χ3v) is 4.99. The summed E-state index contributed by atoms with van der Waals surface area (Å²) in [5.41, 5.74) is 4.81. The van der Waals surface area contributed by atoms with E-state index >= 15 is 0 Å². The van der Waals surface area contributed by atoms with Crippen LogP contribution in [-0.4, -0.2) is 21.7 Å². The van der Waals surface area contributed by atoms with Crippen LogP contribution in [0.2, 0.25) is 0 Å². The Balaban J connectivity index is 1.99. The summed E-state index contributed by atoms with van der Waals surface area (Å²) in [7, 11) is 1.86. The topological polar surface area (TPSA) is 67.2 Å². The van der Waals surface area contributed by atoms with Gasteiger partial charge in [-0.05, 0) is 55.5 Å². The lowest BCUT2D eigenvalue weighted by molar-refractivity contribution is 0.463. The van der Waals surface area contributed by atoms with Gasteiger partial charge < -0.3 is 15.0 Å². The number of fused-ring (bicyclic) bond motifs is 1. The first-order valence-electron chi connectivity index (χ1n) is 8.53. The van der Waals surface area contributed by atoms with Gasteiger partial charge in [0.2, 0.25) is 5.43 Å². The van der Waals surface area contributed by atoms with E-state index in [4.69, 9.17) is 0 Å². The van der Waals surface area contributed by atoms with Crippen molar-refractivity contribution in [2.24, 2.45) is 0 Å². The van der Waals surface area contributed by atoms with Gasteiger partial charge in [-0.3, -0.25) is 4.79 Å². The van der Waals surface area contributed by atoms with Crippen molar-refractivity contribution in [1.29, 1.82) is 0 Å². The average molecular weight is 335 g/mol. The summed E-state index contributed by atoms with van der Waals surface area (Å²) >= 11 is 0. The minimum absolute atomic E-state index is 0.178. The van der Waals surface area contributed by atoms with Gasteiger partial charge in [-0.2, -0.15) is 0 Å². The zero-order valence-electron chi connectivity index (χ0n) is 14.6. The second-order valence-corrected chi connectivity index (χ2v) is 6.76. The van der Waals surface area contributed by atoms with E-state index in [9.17, 15) is 9.90 Å². The first-order valence-corrected chi connectivity index (χ1v) is 8.53. The van der Waals surface area contributed by atoms with Crippen molar-refractivity contribution in [3.63, 3.8) is 0 Å². The SMILES string of the molecule is CNc1ncc(-c2ccc3c(=O)c(O)cn(C4CC4)c3c2C)cc1C. The summed E-state index contributed by atoms with van der Waals surface area (Å²) in [5.74, 6) is 0.685. The number of nitrogens with one attached hydrogen (secondary N) is 1. The molecule has 0 saturated heterocycles. The van der Waals surface area contributed by atoms with E-state index in [1.807, 2.05) is 39.2 Å². The summed E-state index contributed by atoms with van der Waals surface area (Å²) in [4.78, 5) is 16.9. The van der Waals surface area contributed by atoms with Crippen molar-refractivity contribution in [2.45, 2.75) is 32.7 Å². The summed E-state index contributed by atoms with van der Waals surface area (Å²) < 4.78 is 2.06. The van der Waals surface area contributed by atoms with E-state index in [1.165, 1.54) is 0 Å². The van der Waals surface area contributed by atoms with Crippen LogP contribution in [0.25, 0.3) is 22.0 Å². The van der Waals surface area contributed by atoms with E-state index < -0.39 is 0 Å². The average Bonchev–Trinajstić information content (AvgIpc) is 3.43. The lowest BCUT2D eigenvalue weighted by atomic mass is 9.97. The largest absolute Gasteiger partial charge is 0.503 e. The summed E-state index contributed by atoms with van der Waals surface area (Å²) in [6.07, 6.45) is 5.61. The van der Waals surface area contributed by atoms with Gasteiger partial charge in [0.25, 0.3) is 0 Å². The number of aryl methyl sites for hydroxylation is 2. The second-order valence-electron chi connectivity index (χ2n) is 6.76. The van der Waals surface area contributed by atoms with Crippen LogP contribution in [-0.2, 0) is 0 Å². The third-order valence-electron chi connectivity index (χ3n) is 4.99. The fraction of sp³-hybridized carbons (Fsp3) is 0.300. The smallest absolute Gasteiger partial charge is 0.230 e. The Morgan fingerprint density at radius 1 is 1.28 bits per heavy atom. The molecule has 5 nitrogen and oxygen atoms in total. The number of hydrogen-bond donors (Lipinski definition) is 2. The molecule has 3 aromatic rings. The molecule has 25 heavy (non-hydrogen) atoms. The highest BCUT2D eigenvalue weighted by Crippen LogP contribution is 2.39. The van der Waals surface area contributed by atoms with Gasteiger partial charge in [-0.25, -0.2) is 4.98 Å². The van der Waals surface area contributed by atoms with Crippen molar-refractivity contribution in [1.82, 2.24) is 9.55 Å². The molecule has 0 aliphatic heterocycles. The Hall–Kier alpha value is -2.82. The molecular formula is C20H21N3O2. The lowest BCUT2D eigenvalue weighted by Crippen LogP contribution is -2.10. The molecule has 1 saturated carbocycles. The number of aromatic hydroxyl groups is 1. The number of aromatic nitrogens is 2. The van der Waals surface area contributed by atoms with Gasteiger partial charge in [-0.1, -0.05) is 6.07 Å². The van der Waals surface area contributed by atoms with Crippen LogP contribution in [0.4, 0.5) is 5.82 Å². The summed E-state index contributed by atoms with van der Waals surface area (Å²) in [6.45, 7) is 4.06. The lowest BCUT2D eigenvalue weighted by Gasteiger charge is -2.16. The molecule has 2 N–H and O–H groups in total. The fourth-order valence-corrected chi connectivity index (χ4v) is 3.55. The molecule has 0 atom stereocenters. The van der Waals surface area contributed by atoms with Crippen LogP contribution in [0.1, 0.15) is 30.0 Å². The molecule has 4 rings (SSSR count). The molecule has 0 amide bonds. The minimum atomic E-state index is -0.304. The molecule has 0 spiro atoms. The van der Waals surface area contributed by atoms with Crippen molar-refractivity contribution < 1.29 is 5.11 Å². The van der Waals surface area contributed by atoms with Gasteiger partial charge >= 0.3 is 0 Å². The molecule has 0 radical (unpaired) electrons. The predicted octanol–water partition coefficient (Wildman–Crippen LogP) is 3.76. The molecule has 5 heteroatoms. The van der Waals surface area contributed by atoms with Crippen LogP contribution < -0.4 is 10.7 Å². The monoisotopic (exact) mass is 335 g/mol. The van der Waals surface area contributed by atoms with Gasteiger partial charge in [0.1, 0.15) is 5.82 Å². The highest BCUT2D eigenvalue weighted by Gasteiger charge is 2.26. The Morgan fingerprint density at radius 2 is 2.04 bits per heavy atom. The molecule has 2 aromatic heterocycles. The molecule has 1 aliphatic carbocycles. The fourth-order valence-electron chi connectivity index (χ4n) is 3.55. The van der Waals surface area contributed by atoms with Crippen LogP contribution in [0.3, 0.4) is 0 Å². The molecule has 1 fully saturated rings. The first kappa shape index (κ1) is 15.7. The number of hydrogen-bond acceptors (Lipinski definition) is 4. The normalized spacial score (nSPS) is 14.0. The molecule has 1 aliphatic rings. The number of anilines is 1. The molecule has 0 unspecified atom stereocenters. The van der Waals surface area contributed by atoms with Crippen molar-refractivity contribution in [3.8, 4) is 16.9 Å². The van der Waals surface area contributed by atoms with Crippen LogP contribution in [0.5, 0.6) is 5.75 Å². The number of rotatable bonds is 3. The standard InChI is InChI=1S/C20H21N3O2/c1-11-8-13(9-22-20(11)21-3)15-6-7-16-18(12(15)2)23(14-4-5-14)10-17(24)19(16)25/h6-10,14,24H,4-5H2,1-3H3,(H,21,22).